The third kappa shape index (κ3) is 3.07. The number of amides is 1. The van der Waals surface area contributed by atoms with Crippen LogP contribution in [0.5, 0.6) is 0 Å². The lowest BCUT2D eigenvalue weighted by atomic mass is 9.83. The molecule has 0 heterocycles. The molecule has 108 valence electrons. The minimum atomic E-state index is -0.723. The predicted octanol–water partition coefficient (Wildman–Crippen LogP) is 2.16. The molecular weight excluding hydrogens is 257 g/mol. The van der Waals surface area contributed by atoms with E-state index < -0.39 is 5.41 Å². The van der Waals surface area contributed by atoms with Crippen molar-refractivity contribution in [3.05, 3.63) is 47.8 Å². The molecule has 1 amide bonds. The maximum absolute atomic E-state index is 13.0. The van der Waals surface area contributed by atoms with Crippen molar-refractivity contribution in [1.29, 1.82) is 0 Å². The molecule has 0 fully saturated rings. The number of aliphatic hydroxyl groups excluding tert-OH is 1. The average Bonchev–Trinajstić information content (AvgIpc) is 2.87. The summed E-state index contributed by atoms with van der Waals surface area (Å²) < 4.78 is 13.0. The minimum absolute atomic E-state index is 0.0422. The first-order chi connectivity index (χ1) is 9.43. The summed E-state index contributed by atoms with van der Waals surface area (Å²) in [6.45, 7) is 3.74. The third-order valence-corrected chi connectivity index (χ3v) is 3.86. The fourth-order valence-electron chi connectivity index (χ4n) is 2.36. The van der Waals surface area contributed by atoms with E-state index in [-0.39, 0.29) is 30.3 Å². The molecule has 0 aromatic heterocycles. The van der Waals surface area contributed by atoms with E-state index in [1.807, 2.05) is 26.0 Å². The van der Waals surface area contributed by atoms with Gasteiger partial charge in [-0.05, 0) is 38.0 Å². The maximum atomic E-state index is 13.0. The Morgan fingerprint density at radius 3 is 2.55 bits per heavy atom. The fourth-order valence-corrected chi connectivity index (χ4v) is 2.36. The molecule has 0 radical (unpaired) electrons. The Kier molecular flexibility index (Phi) is 4.23. The van der Waals surface area contributed by atoms with E-state index in [9.17, 15) is 9.18 Å². The Labute approximate surface area is 118 Å². The van der Waals surface area contributed by atoms with Crippen LogP contribution in [-0.4, -0.2) is 23.7 Å². The highest BCUT2D eigenvalue weighted by molar-refractivity contribution is 5.87. The van der Waals surface area contributed by atoms with Crippen LogP contribution in [0.25, 0.3) is 0 Å². The molecule has 0 aliphatic heterocycles. The highest BCUT2D eigenvalue weighted by Gasteiger charge is 2.32. The molecule has 0 saturated carbocycles. The van der Waals surface area contributed by atoms with Crippen LogP contribution in [0.2, 0.25) is 0 Å². The maximum Gasteiger partial charge on any atom is 0.230 e. The fraction of sp³-hybridized carbons (Fsp3) is 0.438. The van der Waals surface area contributed by atoms with Crippen LogP contribution >= 0.6 is 0 Å². The number of hydrogen-bond donors (Lipinski definition) is 2. The summed E-state index contributed by atoms with van der Waals surface area (Å²) in [4.78, 5) is 12.4. The summed E-state index contributed by atoms with van der Waals surface area (Å²) in [5.41, 5.74) is 0.0517. The molecular formula is C16H20FNO2. The molecule has 4 heteroatoms. The van der Waals surface area contributed by atoms with Gasteiger partial charge in [0.15, 0.2) is 0 Å². The van der Waals surface area contributed by atoms with Crippen molar-refractivity contribution in [2.75, 3.05) is 6.61 Å². The number of halogens is 1. The van der Waals surface area contributed by atoms with Gasteiger partial charge in [0, 0.05) is 18.6 Å². The molecule has 20 heavy (non-hydrogen) atoms. The van der Waals surface area contributed by atoms with Crippen LogP contribution in [0.4, 0.5) is 4.39 Å². The summed E-state index contributed by atoms with van der Waals surface area (Å²) in [5.74, 6) is -0.291. The Bertz CT molecular complexity index is 508. The van der Waals surface area contributed by atoms with Crippen molar-refractivity contribution in [3.8, 4) is 0 Å². The van der Waals surface area contributed by atoms with Gasteiger partial charge < -0.3 is 10.4 Å². The molecule has 0 bridgehead atoms. The number of nitrogens with one attached hydrogen (secondary N) is 1. The van der Waals surface area contributed by atoms with Gasteiger partial charge in [0.1, 0.15) is 5.82 Å². The van der Waals surface area contributed by atoms with Gasteiger partial charge in [0.2, 0.25) is 5.91 Å². The summed E-state index contributed by atoms with van der Waals surface area (Å²) in [5, 5.41) is 12.0. The second-order valence-corrected chi connectivity index (χ2v) is 5.78. The van der Waals surface area contributed by atoms with E-state index >= 15 is 0 Å². The van der Waals surface area contributed by atoms with Gasteiger partial charge in [0.25, 0.3) is 0 Å². The Balaban J connectivity index is 2.04. The Hall–Kier alpha value is -1.68. The van der Waals surface area contributed by atoms with Gasteiger partial charge in [-0.2, -0.15) is 0 Å². The highest BCUT2D eigenvalue weighted by Crippen LogP contribution is 2.25. The van der Waals surface area contributed by atoms with Gasteiger partial charge in [-0.1, -0.05) is 24.3 Å². The van der Waals surface area contributed by atoms with Crippen LogP contribution in [0, 0.1) is 11.7 Å². The van der Waals surface area contributed by atoms with E-state index in [1.54, 1.807) is 12.1 Å². The first-order valence-electron chi connectivity index (χ1n) is 6.79. The zero-order chi connectivity index (χ0) is 14.8. The van der Waals surface area contributed by atoms with Crippen molar-refractivity contribution >= 4 is 5.91 Å². The number of carbonyl (C=O) groups is 1. The van der Waals surface area contributed by atoms with Gasteiger partial charge in [-0.3, -0.25) is 4.79 Å². The van der Waals surface area contributed by atoms with Crippen LogP contribution in [-0.2, 0) is 10.2 Å². The van der Waals surface area contributed by atoms with Crippen LogP contribution in [0.3, 0.4) is 0 Å². The lowest BCUT2D eigenvalue weighted by Gasteiger charge is -2.26. The smallest absolute Gasteiger partial charge is 0.230 e. The zero-order valence-electron chi connectivity index (χ0n) is 11.8. The number of aliphatic hydroxyl groups is 1. The van der Waals surface area contributed by atoms with Crippen molar-refractivity contribution in [2.24, 2.45) is 5.92 Å². The van der Waals surface area contributed by atoms with Gasteiger partial charge in [-0.25, -0.2) is 4.39 Å². The molecule has 3 nitrogen and oxygen atoms in total. The number of rotatable bonds is 4. The van der Waals surface area contributed by atoms with Crippen LogP contribution in [0.1, 0.15) is 25.8 Å². The molecule has 2 N–H and O–H groups in total. The van der Waals surface area contributed by atoms with Gasteiger partial charge in [0.05, 0.1) is 5.41 Å². The van der Waals surface area contributed by atoms with Crippen molar-refractivity contribution in [2.45, 2.75) is 31.7 Å². The lowest BCUT2D eigenvalue weighted by Crippen LogP contribution is -2.44. The van der Waals surface area contributed by atoms with E-state index in [2.05, 4.69) is 5.32 Å². The van der Waals surface area contributed by atoms with Crippen LogP contribution in [0.15, 0.2) is 36.4 Å². The molecule has 0 saturated heterocycles. The van der Waals surface area contributed by atoms with E-state index in [4.69, 9.17) is 5.11 Å². The van der Waals surface area contributed by atoms with Crippen LogP contribution < -0.4 is 5.32 Å². The Morgan fingerprint density at radius 2 is 2.00 bits per heavy atom. The lowest BCUT2D eigenvalue weighted by molar-refractivity contribution is -0.126. The first-order valence-corrected chi connectivity index (χ1v) is 6.79. The van der Waals surface area contributed by atoms with E-state index in [0.29, 0.717) is 0 Å². The standard InChI is InChI=1S/C16H20FNO2/c1-16(2,12-4-6-13(17)7-5-12)15(20)18-14-8-3-11(9-14)10-19/h3-8,11,14,19H,9-10H2,1-2H3,(H,18,20)/t11-,14+/m0/s1. The largest absolute Gasteiger partial charge is 0.396 e. The minimum Gasteiger partial charge on any atom is -0.396 e. The molecule has 1 aliphatic carbocycles. The monoisotopic (exact) mass is 277 g/mol. The molecule has 1 aliphatic rings. The number of hydrogen-bond acceptors (Lipinski definition) is 2. The molecule has 1 aromatic carbocycles. The molecule has 1 aromatic rings. The van der Waals surface area contributed by atoms with Gasteiger partial charge >= 0.3 is 0 Å². The molecule has 0 spiro atoms. The number of benzene rings is 1. The topological polar surface area (TPSA) is 49.3 Å². The van der Waals surface area contributed by atoms with E-state index in [1.165, 1.54) is 12.1 Å². The molecule has 0 unspecified atom stereocenters. The highest BCUT2D eigenvalue weighted by atomic mass is 19.1. The summed E-state index contributed by atoms with van der Waals surface area (Å²) in [6.07, 6.45) is 4.57. The second kappa shape index (κ2) is 5.75. The summed E-state index contributed by atoms with van der Waals surface area (Å²) >= 11 is 0. The summed E-state index contributed by atoms with van der Waals surface area (Å²) in [6, 6.07) is 5.95. The van der Waals surface area contributed by atoms with Crippen molar-refractivity contribution in [1.82, 2.24) is 5.32 Å². The van der Waals surface area contributed by atoms with Crippen molar-refractivity contribution < 1.29 is 14.3 Å². The number of carbonyl (C=O) groups excluding carboxylic acids is 1. The second-order valence-electron chi connectivity index (χ2n) is 5.78. The first kappa shape index (κ1) is 14.7. The molecule has 2 atom stereocenters. The average molecular weight is 277 g/mol. The zero-order valence-corrected chi connectivity index (χ0v) is 11.8. The quantitative estimate of drug-likeness (QED) is 0.829. The Morgan fingerprint density at radius 1 is 1.35 bits per heavy atom. The normalized spacial score (nSPS) is 22.0. The summed E-state index contributed by atoms with van der Waals surface area (Å²) in [7, 11) is 0. The van der Waals surface area contributed by atoms with E-state index in [0.717, 1.165) is 12.0 Å². The van der Waals surface area contributed by atoms with Gasteiger partial charge in [-0.15, -0.1) is 0 Å². The SMILES string of the molecule is CC(C)(C(=O)N[C@@H]1C=C[C@H](CO)C1)c1ccc(F)cc1. The van der Waals surface area contributed by atoms with Crippen molar-refractivity contribution in [3.63, 3.8) is 0 Å². The predicted molar refractivity (Wildman–Crippen MR) is 75.7 cm³/mol. The molecule has 2 rings (SSSR count). The third-order valence-electron chi connectivity index (χ3n) is 3.86.